The molecule has 0 unspecified atom stereocenters. The van der Waals surface area contributed by atoms with Crippen LogP contribution in [0.15, 0.2) is 43.0 Å². The molecule has 0 aliphatic carbocycles. The number of nitrogens with one attached hydrogen (secondary N) is 2. The average Bonchev–Trinajstić information content (AvgIpc) is 3.05. The molecule has 116 valence electrons. The number of nitrogens with zero attached hydrogens (tertiary/aromatic N) is 2. The number of amides is 2. The molecule has 2 amide bonds. The average molecular weight is 300 g/mol. The van der Waals surface area contributed by atoms with Crippen LogP contribution in [0.1, 0.15) is 30.1 Å². The van der Waals surface area contributed by atoms with E-state index in [1.165, 1.54) is 0 Å². The lowest BCUT2D eigenvalue weighted by Crippen LogP contribution is -2.25. The second-order valence-electron chi connectivity index (χ2n) is 4.89. The van der Waals surface area contributed by atoms with Gasteiger partial charge in [0.15, 0.2) is 0 Å². The minimum absolute atomic E-state index is 0.0714. The monoisotopic (exact) mass is 300 g/mol. The molecule has 0 spiro atoms. The Balaban J connectivity index is 1.81. The van der Waals surface area contributed by atoms with Crippen molar-refractivity contribution < 1.29 is 9.59 Å². The Hall–Kier alpha value is -2.63. The Labute approximate surface area is 129 Å². The van der Waals surface area contributed by atoms with E-state index in [1.807, 2.05) is 10.8 Å². The molecule has 0 bridgehead atoms. The van der Waals surface area contributed by atoms with E-state index in [0.29, 0.717) is 24.2 Å². The SMILES string of the molecule is CCC(=O)Nc1cccc(C(=O)NCCCn2ccnc2)c1. The van der Waals surface area contributed by atoms with Crippen LogP contribution in [0, 0.1) is 0 Å². The Bertz CT molecular complexity index is 623. The van der Waals surface area contributed by atoms with Crippen LogP contribution >= 0.6 is 0 Å². The second kappa shape index (κ2) is 7.97. The van der Waals surface area contributed by atoms with Crippen molar-refractivity contribution >= 4 is 17.5 Å². The first-order chi connectivity index (χ1) is 10.7. The zero-order valence-electron chi connectivity index (χ0n) is 12.6. The molecule has 0 fully saturated rings. The Morgan fingerprint density at radius 3 is 2.91 bits per heavy atom. The van der Waals surface area contributed by atoms with E-state index in [4.69, 9.17) is 0 Å². The molecule has 0 aliphatic heterocycles. The van der Waals surface area contributed by atoms with Gasteiger partial charge in [0, 0.05) is 43.2 Å². The zero-order valence-corrected chi connectivity index (χ0v) is 12.6. The molecule has 6 heteroatoms. The molecule has 0 radical (unpaired) electrons. The maximum atomic E-state index is 12.1. The first-order valence-corrected chi connectivity index (χ1v) is 7.33. The summed E-state index contributed by atoms with van der Waals surface area (Å²) in [5.41, 5.74) is 1.18. The van der Waals surface area contributed by atoms with E-state index in [2.05, 4.69) is 15.6 Å². The predicted molar refractivity (Wildman–Crippen MR) is 84.5 cm³/mol. The third-order valence-corrected chi connectivity index (χ3v) is 3.17. The summed E-state index contributed by atoms with van der Waals surface area (Å²) in [6.07, 6.45) is 6.61. The smallest absolute Gasteiger partial charge is 0.251 e. The van der Waals surface area contributed by atoms with Crippen molar-refractivity contribution in [2.75, 3.05) is 11.9 Å². The zero-order chi connectivity index (χ0) is 15.8. The van der Waals surface area contributed by atoms with Gasteiger partial charge < -0.3 is 15.2 Å². The van der Waals surface area contributed by atoms with Gasteiger partial charge >= 0.3 is 0 Å². The van der Waals surface area contributed by atoms with Crippen molar-refractivity contribution in [1.82, 2.24) is 14.9 Å². The molecule has 0 aliphatic rings. The number of hydrogen-bond acceptors (Lipinski definition) is 3. The van der Waals surface area contributed by atoms with Crippen molar-refractivity contribution in [1.29, 1.82) is 0 Å². The van der Waals surface area contributed by atoms with E-state index in [1.54, 1.807) is 43.7 Å². The van der Waals surface area contributed by atoms with Crippen LogP contribution in [-0.4, -0.2) is 27.9 Å². The molecule has 0 saturated heterocycles. The van der Waals surface area contributed by atoms with Gasteiger partial charge in [-0.3, -0.25) is 9.59 Å². The fourth-order valence-corrected chi connectivity index (χ4v) is 1.97. The topological polar surface area (TPSA) is 76.0 Å². The molecule has 2 N–H and O–H groups in total. The maximum absolute atomic E-state index is 12.1. The Kier molecular flexibility index (Phi) is 5.71. The molecule has 0 saturated carbocycles. The van der Waals surface area contributed by atoms with Crippen molar-refractivity contribution in [3.8, 4) is 0 Å². The van der Waals surface area contributed by atoms with Gasteiger partial charge in [-0.1, -0.05) is 13.0 Å². The number of benzene rings is 1. The van der Waals surface area contributed by atoms with Gasteiger partial charge in [-0.25, -0.2) is 4.98 Å². The van der Waals surface area contributed by atoms with Crippen LogP contribution < -0.4 is 10.6 Å². The fourth-order valence-electron chi connectivity index (χ4n) is 1.97. The van der Waals surface area contributed by atoms with Crippen molar-refractivity contribution in [3.63, 3.8) is 0 Å². The number of aryl methyl sites for hydroxylation is 1. The maximum Gasteiger partial charge on any atom is 0.251 e. The first kappa shape index (κ1) is 15.8. The van der Waals surface area contributed by atoms with Crippen molar-refractivity contribution in [2.45, 2.75) is 26.3 Å². The first-order valence-electron chi connectivity index (χ1n) is 7.33. The largest absolute Gasteiger partial charge is 0.352 e. The Morgan fingerprint density at radius 1 is 1.32 bits per heavy atom. The van der Waals surface area contributed by atoms with Gasteiger partial charge in [0.05, 0.1) is 6.33 Å². The van der Waals surface area contributed by atoms with Crippen LogP contribution in [0.5, 0.6) is 0 Å². The van der Waals surface area contributed by atoms with Gasteiger partial charge in [0.2, 0.25) is 5.91 Å². The highest BCUT2D eigenvalue weighted by Crippen LogP contribution is 2.11. The quantitative estimate of drug-likeness (QED) is 0.768. The van der Waals surface area contributed by atoms with Gasteiger partial charge in [0.25, 0.3) is 5.91 Å². The predicted octanol–water partition coefficient (Wildman–Crippen LogP) is 2.05. The lowest BCUT2D eigenvalue weighted by atomic mass is 10.2. The highest BCUT2D eigenvalue weighted by Gasteiger charge is 2.06. The normalized spacial score (nSPS) is 10.2. The van der Waals surface area contributed by atoms with Gasteiger partial charge in [-0.15, -0.1) is 0 Å². The van der Waals surface area contributed by atoms with E-state index >= 15 is 0 Å². The van der Waals surface area contributed by atoms with Crippen molar-refractivity contribution in [2.24, 2.45) is 0 Å². The third kappa shape index (κ3) is 4.73. The minimum Gasteiger partial charge on any atom is -0.352 e. The highest BCUT2D eigenvalue weighted by atomic mass is 16.2. The van der Waals surface area contributed by atoms with E-state index in [9.17, 15) is 9.59 Å². The summed E-state index contributed by atoms with van der Waals surface area (Å²) in [6.45, 7) is 3.18. The summed E-state index contributed by atoms with van der Waals surface area (Å²) >= 11 is 0. The third-order valence-electron chi connectivity index (χ3n) is 3.17. The summed E-state index contributed by atoms with van der Waals surface area (Å²) in [5, 5.41) is 5.61. The van der Waals surface area contributed by atoms with Crippen LogP contribution in [0.4, 0.5) is 5.69 Å². The van der Waals surface area contributed by atoms with E-state index < -0.39 is 0 Å². The van der Waals surface area contributed by atoms with Gasteiger partial charge in [-0.2, -0.15) is 0 Å². The summed E-state index contributed by atoms with van der Waals surface area (Å²) < 4.78 is 1.97. The number of rotatable bonds is 7. The molecular formula is C16H20N4O2. The highest BCUT2D eigenvalue weighted by molar-refractivity contribution is 5.97. The van der Waals surface area contributed by atoms with Crippen LogP contribution in [-0.2, 0) is 11.3 Å². The van der Waals surface area contributed by atoms with E-state index in [0.717, 1.165) is 13.0 Å². The fraction of sp³-hybridized carbons (Fsp3) is 0.312. The standard InChI is InChI=1S/C16H20N4O2/c1-2-15(21)19-14-6-3-5-13(11-14)16(22)18-7-4-9-20-10-8-17-12-20/h3,5-6,8,10-12H,2,4,7,9H2,1H3,(H,18,22)(H,19,21). The number of hydrogen-bond donors (Lipinski definition) is 2. The summed E-state index contributed by atoms with van der Waals surface area (Å²) in [5.74, 6) is -0.212. The molecule has 0 atom stereocenters. The summed E-state index contributed by atoms with van der Waals surface area (Å²) in [4.78, 5) is 27.4. The molecule has 2 rings (SSSR count). The molecule has 2 aromatic rings. The number of carbonyl (C=O) groups is 2. The molecule has 1 aromatic heterocycles. The minimum atomic E-state index is -0.141. The molecule has 22 heavy (non-hydrogen) atoms. The lowest BCUT2D eigenvalue weighted by Gasteiger charge is -2.08. The summed E-state index contributed by atoms with van der Waals surface area (Å²) in [6, 6.07) is 6.93. The molecule has 1 aromatic carbocycles. The summed E-state index contributed by atoms with van der Waals surface area (Å²) in [7, 11) is 0. The number of carbonyl (C=O) groups excluding carboxylic acids is 2. The number of aromatic nitrogens is 2. The molecule has 6 nitrogen and oxygen atoms in total. The lowest BCUT2D eigenvalue weighted by molar-refractivity contribution is -0.115. The molecule has 1 heterocycles. The van der Waals surface area contributed by atoms with E-state index in [-0.39, 0.29) is 11.8 Å². The van der Waals surface area contributed by atoms with Crippen LogP contribution in [0.3, 0.4) is 0 Å². The molecular weight excluding hydrogens is 280 g/mol. The van der Waals surface area contributed by atoms with Gasteiger partial charge in [-0.05, 0) is 24.6 Å². The number of anilines is 1. The van der Waals surface area contributed by atoms with Crippen molar-refractivity contribution in [3.05, 3.63) is 48.5 Å². The second-order valence-corrected chi connectivity index (χ2v) is 4.89. The van der Waals surface area contributed by atoms with Gasteiger partial charge in [0.1, 0.15) is 0 Å². The number of imidazole rings is 1. The Morgan fingerprint density at radius 2 is 2.18 bits per heavy atom. The van der Waals surface area contributed by atoms with Crippen LogP contribution in [0.2, 0.25) is 0 Å². The van der Waals surface area contributed by atoms with Crippen LogP contribution in [0.25, 0.3) is 0 Å².